The lowest BCUT2D eigenvalue weighted by Crippen LogP contribution is -2.15. The number of hydrogen-bond donors (Lipinski definition) is 2. The Morgan fingerprint density at radius 3 is 2.71 bits per heavy atom. The van der Waals surface area contributed by atoms with E-state index in [0.29, 0.717) is 12.1 Å². The second-order valence-corrected chi connectivity index (χ2v) is 6.00. The number of imidazole rings is 1. The van der Waals surface area contributed by atoms with Crippen molar-refractivity contribution in [3.8, 4) is 0 Å². The molecule has 2 rings (SSSR count). The minimum absolute atomic E-state index is 0.102. The zero-order valence-corrected chi connectivity index (χ0v) is 12.2. The summed E-state index contributed by atoms with van der Waals surface area (Å²) in [7, 11) is -3.84. The van der Waals surface area contributed by atoms with Crippen molar-refractivity contribution in [2.24, 2.45) is 0 Å². The molecule has 0 saturated carbocycles. The van der Waals surface area contributed by atoms with Gasteiger partial charge in [0.05, 0.1) is 18.4 Å². The average molecular weight is 309 g/mol. The topological polar surface area (TPSA) is 101 Å². The molecule has 1 heterocycles. The molecule has 0 aliphatic heterocycles. The molecule has 0 unspecified atom stereocenters. The quantitative estimate of drug-likeness (QED) is 0.838. The van der Waals surface area contributed by atoms with E-state index < -0.39 is 16.0 Å². The Labute approximate surface area is 122 Å². The highest BCUT2D eigenvalue weighted by Gasteiger charge is 2.19. The molecule has 0 saturated heterocycles. The molecule has 0 bridgehead atoms. The Hall–Kier alpha value is -2.35. The number of carbonyl (C=O) groups is 1. The summed E-state index contributed by atoms with van der Waals surface area (Å²) in [5.41, 5.74) is 0.634. The molecule has 0 radical (unpaired) electrons. The highest BCUT2D eigenvalue weighted by atomic mass is 32.2. The van der Waals surface area contributed by atoms with Crippen LogP contribution >= 0.6 is 0 Å². The minimum Gasteiger partial charge on any atom is -0.481 e. The number of aromatic nitrogens is 2. The summed E-state index contributed by atoms with van der Waals surface area (Å²) in [4.78, 5) is 14.6. The number of hydrogen-bond acceptors (Lipinski definition) is 4. The van der Waals surface area contributed by atoms with Gasteiger partial charge < -0.3 is 9.67 Å². The Morgan fingerprint density at radius 1 is 1.38 bits per heavy atom. The van der Waals surface area contributed by atoms with E-state index in [1.807, 2.05) is 6.92 Å². The Kier molecular flexibility index (Phi) is 4.27. The van der Waals surface area contributed by atoms with Crippen molar-refractivity contribution in [3.05, 3.63) is 42.4 Å². The van der Waals surface area contributed by atoms with Crippen molar-refractivity contribution < 1.29 is 18.3 Å². The largest absolute Gasteiger partial charge is 0.481 e. The maximum atomic E-state index is 12.2. The molecular formula is C13H15N3O4S. The molecule has 112 valence electrons. The predicted octanol–water partition coefficient (Wildman–Crippen LogP) is 1.33. The van der Waals surface area contributed by atoms with Crippen molar-refractivity contribution >= 4 is 21.7 Å². The number of para-hydroxylation sites is 1. The molecule has 2 aromatic rings. The zero-order chi connectivity index (χ0) is 15.5. The van der Waals surface area contributed by atoms with E-state index in [4.69, 9.17) is 5.11 Å². The second kappa shape index (κ2) is 5.96. The first-order chi connectivity index (χ1) is 9.92. The zero-order valence-electron chi connectivity index (χ0n) is 11.4. The number of nitrogens with one attached hydrogen (secondary N) is 1. The van der Waals surface area contributed by atoms with Crippen LogP contribution in [0.3, 0.4) is 0 Å². The van der Waals surface area contributed by atoms with E-state index in [0.717, 1.165) is 0 Å². The molecule has 7 nitrogen and oxygen atoms in total. The number of rotatable bonds is 6. The van der Waals surface area contributed by atoms with E-state index in [-0.39, 0.29) is 17.1 Å². The maximum absolute atomic E-state index is 12.2. The number of benzene rings is 1. The molecule has 0 atom stereocenters. The first-order valence-electron chi connectivity index (χ1n) is 6.26. The van der Waals surface area contributed by atoms with Gasteiger partial charge in [0.1, 0.15) is 0 Å². The van der Waals surface area contributed by atoms with Gasteiger partial charge in [-0.2, -0.15) is 8.42 Å². The van der Waals surface area contributed by atoms with Crippen LogP contribution in [0.1, 0.15) is 12.5 Å². The summed E-state index contributed by atoms with van der Waals surface area (Å²) in [6, 6.07) is 6.37. The molecule has 0 spiro atoms. The molecule has 2 N–H and O–H groups in total. The predicted molar refractivity (Wildman–Crippen MR) is 76.5 cm³/mol. The van der Waals surface area contributed by atoms with Crippen LogP contribution in [0.4, 0.5) is 5.69 Å². The number of aliphatic carboxylic acids is 1. The Balaban J connectivity index is 2.30. The van der Waals surface area contributed by atoms with E-state index in [2.05, 4.69) is 9.71 Å². The minimum atomic E-state index is -3.84. The van der Waals surface area contributed by atoms with Gasteiger partial charge in [-0.05, 0) is 18.6 Å². The van der Waals surface area contributed by atoms with Crippen LogP contribution in [0.15, 0.2) is 41.8 Å². The van der Waals surface area contributed by atoms with Crippen molar-refractivity contribution in [3.63, 3.8) is 0 Å². The molecule has 0 aliphatic carbocycles. The number of carboxylic acids is 1. The van der Waals surface area contributed by atoms with Gasteiger partial charge in [-0.25, -0.2) is 4.98 Å². The fourth-order valence-corrected chi connectivity index (χ4v) is 2.84. The third kappa shape index (κ3) is 3.60. The van der Waals surface area contributed by atoms with Crippen LogP contribution in [-0.2, 0) is 27.8 Å². The van der Waals surface area contributed by atoms with Gasteiger partial charge in [0, 0.05) is 12.7 Å². The molecule has 0 fully saturated rings. The van der Waals surface area contributed by atoms with Crippen molar-refractivity contribution in [2.45, 2.75) is 24.9 Å². The molecule has 8 heteroatoms. The van der Waals surface area contributed by atoms with E-state index in [1.54, 1.807) is 22.8 Å². The van der Waals surface area contributed by atoms with Crippen LogP contribution in [0.25, 0.3) is 0 Å². The summed E-state index contributed by atoms with van der Waals surface area (Å²) in [5, 5.41) is 8.75. The van der Waals surface area contributed by atoms with Gasteiger partial charge in [-0.1, -0.05) is 18.2 Å². The summed E-state index contributed by atoms with van der Waals surface area (Å²) < 4.78 is 28.5. The number of anilines is 1. The standard InChI is InChI=1S/C13H15N3O4S/c1-2-16-8-12(14-9-16)21(19,20)15-11-6-4-3-5-10(11)7-13(17)18/h3-6,8-9,15H,2,7H2,1H3,(H,17,18). The van der Waals surface area contributed by atoms with Crippen LogP contribution in [0.2, 0.25) is 0 Å². The normalized spacial score (nSPS) is 11.3. The van der Waals surface area contributed by atoms with Crippen molar-refractivity contribution in [1.29, 1.82) is 0 Å². The summed E-state index contributed by atoms with van der Waals surface area (Å²) in [5.74, 6) is -1.03. The van der Waals surface area contributed by atoms with E-state index in [1.165, 1.54) is 18.6 Å². The fraction of sp³-hybridized carbons (Fsp3) is 0.231. The van der Waals surface area contributed by atoms with Gasteiger partial charge in [0.25, 0.3) is 10.0 Å². The van der Waals surface area contributed by atoms with Gasteiger partial charge >= 0.3 is 5.97 Å². The Morgan fingerprint density at radius 2 is 2.10 bits per heavy atom. The van der Waals surface area contributed by atoms with Crippen molar-refractivity contribution in [2.75, 3.05) is 4.72 Å². The maximum Gasteiger partial charge on any atom is 0.307 e. The van der Waals surface area contributed by atoms with Crippen LogP contribution in [0, 0.1) is 0 Å². The average Bonchev–Trinajstić information content (AvgIpc) is 2.90. The smallest absolute Gasteiger partial charge is 0.307 e. The highest BCUT2D eigenvalue weighted by Crippen LogP contribution is 2.19. The SMILES string of the molecule is CCn1cnc(S(=O)(=O)Nc2ccccc2CC(=O)O)c1. The van der Waals surface area contributed by atoms with Crippen molar-refractivity contribution in [1.82, 2.24) is 9.55 Å². The van der Waals surface area contributed by atoms with Crippen LogP contribution in [-0.4, -0.2) is 29.0 Å². The number of aryl methyl sites for hydroxylation is 1. The molecule has 0 amide bonds. The number of carboxylic acid groups (broad SMARTS) is 1. The fourth-order valence-electron chi connectivity index (χ4n) is 1.79. The summed E-state index contributed by atoms with van der Waals surface area (Å²) >= 11 is 0. The summed E-state index contributed by atoms with van der Waals surface area (Å²) in [6.45, 7) is 2.48. The Bertz CT molecular complexity index is 752. The molecule has 1 aromatic carbocycles. The lowest BCUT2D eigenvalue weighted by Gasteiger charge is -2.10. The number of nitrogens with zero attached hydrogens (tertiary/aromatic N) is 2. The lowest BCUT2D eigenvalue weighted by atomic mass is 10.1. The highest BCUT2D eigenvalue weighted by molar-refractivity contribution is 7.92. The summed E-state index contributed by atoms with van der Waals surface area (Å²) in [6.07, 6.45) is 2.59. The second-order valence-electron chi connectivity index (χ2n) is 4.38. The van der Waals surface area contributed by atoms with Gasteiger partial charge in [0.15, 0.2) is 5.03 Å². The number of sulfonamides is 1. The lowest BCUT2D eigenvalue weighted by molar-refractivity contribution is -0.136. The first kappa shape index (κ1) is 15.0. The first-order valence-corrected chi connectivity index (χ1v) is 7.75. The monoisotopic (exact) mass is 309 g/mol. The van der Waals surface area contributed by atoms with Crippen LogP contribution < -0.4 is 4.72 Å². The molecule has 1 aromatic heterocycles. The van der Waals surface area contributed by atoms with Gasteiger partial charge in [-0.15, -0.1) is 0 Å². The molecule has 0 aliphatic rings. The molecular weight excluding hydrogens is 294 g/mol. The van der Waals surface area contributed by atoms with E-state index in [9.17, 15) is 13.2 Å². The van der Waals surface area contributed by atoms with E-state index >= 15 is 0 Å². The van der Waals surface area contributed by atoms with Crippen LogP contribution in [0.5, 0.6) is 0 Å². The third-order valence-electron chi connectivity index (χ3n) is 2.85. The molecule has 21 heavy (non-hydrogen) atoms. The third-order valence-corrected chi connectivity index (χ3v) is 4.10. The van der Waals surface area contributed by atoms with Gasteiger partial charge in [0.2, 0.25) is 0 Å². The van der Waals surface area contributed by atoms with Gasteiger partial charge in [-0.3, -0.25) is 9.52 Å².